The second-order valence-corrected chi connectivity index (χ2v) is 16.5. The zero-order chi connectivity index (χ0) is 51.2. The van der Waals surface area contributed by atoms with Crippen molar-refractivity contribution < 1.29 is 201 Å². The maximum absolute atomic E-state index is 13.1. The maximum atomic E-state index is 13.1. The first-order valence-electron chi connectivity index (χ1n) is 23.0. The van der Waals surface area contributed by atoms with E-state index in [1.54, 1.807) is 12.1 Å². The van der Waals surface area contributed by atoms with E-state index in [2.05, 4.69) is 13.8 Å². The topological polar surface area (TPSA) is 209 Å². The van der Waals surface area contributed by atoms with Crippen LogP contribution in [0.2, 0.25) is 0 Å². The van der Waals surface area contributed by atoms with Crippen molar-refractivity contribution in [2.75, 3.05) is 13.2 Å². The minimum Gasteiger partial charge on any atom is -0.652 e. The molecule has 0 aliphatic heterocycles. The molecule has 0 spiro atoms. The largest absolute Gasteiger partial charge is 1.00 e. The molecule has 0 aromatic heterocycles. The van der Waals surface area contributed by atoms with Crippen molar-refractivity contribution in [2.24, 2.45) is 0 Å². The van der Waals surface area contributed by atoms with Crippen LogP contribution < -0.4 is 167 Å². The van der Waals surface area contributed by atoms with Gasteiger partial charge in [0, 0.05) is 11.1 Å². The average molecular weight is 1220 g/mol. The average Bonchev–Trinajstić information content (AvgIpc) is 3.34. The predicted molar refractivity (Wildman–Crippen MR) is 262 cm³/mol. The van der Waals surface area contributed by atoms with E-state index in [1.165, 1.54) is 0 Å². The molecule has 0 fully saturated rings. The summed E-state index contributed by atoms with van der Waals surface area (Å²) in [6, 6.07) is 41.7. The van der Waals surface area contributed by atoms with Gasteiger partial charge in [-0.1, -0.05) is 111 Å². The van der Waals surface area contributed by atoms with Gasteiger partial charge >= 0.3 is 150 Å². The van der Waals surface area contributed by atoms with Crippen molar-refractivity contribution in [1.82, 2.24) is 0 Å². The van der Waals surface area contributed by atoms with E-state index < -0.39 is 18.1 Å². The number of benzene rings is 6. The monoisotopic (exact) mass is 1220 g/mol. The SMILES string of the molecule is CCc1ccc(OC(C)CCc2ccc(OCC(=O)O)c(C)c2)c(C(=O)c2ccccc2)c1.CCc1ccc(OC(C)CCc2ccc(OCC(=O)O)c(C)c2)c(C(=O)c2ccccc2)c1.O=C([O-])[O-].[Cs+].[Cs+]. The van der Waals surface area contributed by atoms with Gasteiger partial charge in [-0.3, -0.25) is 9.59 Å². The van der Waals surface area contributed by atoms with Gasteiger partial charge in [0.15, 0.2) is 24.8 Å². The number of hydrogen-bond donors (Lipinski definition) is 2. The Bertz CT molecular complexity index is 2510. The van der Waals surface area contributed by atoms with E-state index in [0.717, 1.165) is 71.9 Å². The molecule has 2 N–H and O–H groups in total. The fraction of sp³-hybridized carbons (Fsp3) is 0.281. The van der Waals surface area contributed by atoms with Crippen molar-refractivity contribution in [3.63, 3.8) is 0 Å². The van der Waals surface area contributed by atoms with Crippen LogP contribution in [0.4, 0.5) is 4.79 Å². The second kappa shape index (κ2) is 33.9. The van der Waals surface area contributed by atoms with Crippen LogP contribution in [0.1, 0.15) is 106 Å². The summed E-state index contributed by atoms with van der Waals surface area (Å²) in [7, 11) is 0. The molecule has 2 unspecified atom stereocenters. The molecule has 0 aliphatic carbocycles. The number of ether oxygens (including phenoxy) is 4. The molecule has 15 heteroatoms. The van der Waals surface area contributed by atoms with Crippen LogP contribution in [0, 0.1) is 13.8 Å². The minimum absolute atomic E-state index is 0. The summed E-state index contributed by atoms with van der Waals surface area (Å²) in [5, 5.41) is 34.2. The third-order valence-corrected chi connectivity index (χ3v) is 11.0. The number of rotatable bonds is 22. The number of ketones is 2. The molecule has 0 saturated heterocycles. The third kappa shape index (κ3) is 22.3. The normalized spacial score (nSPS) is 11.0. The first-order chi connectivity index (χ1) is 33.5. The number of carboxylic acids is 2. The van der Waals surface area contributed by atoms with E-state index >= 15 is 0 Å². The number of carboxylic acid groups (broad SMARTS) is 4. The van der Waals surface area contributed by atoms with Crippen molar-refractivity contribution in [1.29, 1.82) is 0 Å². The molecule has 368 valence electrons. The second-order valence-electron chi connectivity index (χ2n) is 16.5. The number of aryl methyl sites for hydroxylation is 6. The van der Waals surface area contributed by atoms with Gasteiger partial charge in [0.2, 0.25) is 0 Å². The van der Waals surface area contributed by atoms with E-state index in [1.807, 2.05) is 149 Å². The standard InChI is InChI=1S/2C28H30O5.CH2O3.2Cs/c2*1-4-21-12-15-26(24(17-21)28(31)23-8-6-5-7-9-23)33-20(3)10-11-22-13-14-25(19(2)16-22)32-18-27(29)30;2-1(3)4;;/h2*5-9,12-17,20H,4,10-11,18H2,1-3H3,(H,29,30);(H2,2,3,4);;/q;;;2*+1/p-2. The van der Waals surface area contributed by atoms with Crippen LogP contribution in [0.15, 0.2) is 133 Å². The Morgan fingerprint density at radius 3 is 1.11 bits per heavy atom. The van der Waals surface area contributed by atoms with Crippen LogP contribution in [0.3, 0.4) is 0 Å². The number of carbonyl (C=O) groups is 5. The molecule has 0 bridgehead atoms. The van der Waals surface area contributed by atoms with E-state index in [9.17, 15) is 19.2 Å². The number of aliphatic carboxylic acids is 2. The van der Waals surface area contributed by atoms with Gasteiger partial charge in [0.1, 0.15) is 23.0 Å². The summed E-state index contributed by atoms with van der Waals surface area (Å²) in [5.41, 5.74) is 8.67. The minimum atomic E-state index is -2.33. The van der Waals surface area contributed by atoms with Gasteiger partial charge in [-0.25, -0.2) is 9.59 Å². The Balaban J connectivity index is 0.000000447. The van der Waals surface area contributed by atoms with Crippen LogP contribution >= 0.6 is 0 Å². The van der Waals surface area contributed by atoms with E-state index in [0.29, 0.717) is 45.3 Å². The molecular weight excluding hydrogens is 1160 g/mol. The van der Waals surface area contributed by atoms with Crippen molar-refractivity contribution in [2.45, 2.75) is 92.3 Å². The zero-order valence-electron chi connectivity index (χ0n) is 42.4. The van der Waals surface area contributed by atoms with E-state index in [-0.39, 0.29) is 175 Å². The third-order valence-electron chi connectivity index (χ3n) is 11.0. The predicted octanol–water partition coefficient (Wildman–Crippen LogP) is 2.86. The smallest absolute Gasteiger partial charge is 0.652 e. The molecule has 6 aromatic carbocycles. The quantitative estimate of drug-likeness (QED) is 0.0940. The van der Waals surface area contributed by atoms with E-state index in [4.69, 9.17) is 44.2 Å². The summed E-state index contributed by atoms with van der Waals surface area (Å²) in [5.74, 6) is 0.268. The summed E-state index contributed by atoms with van der Waals surface area (Å²) in [6.45, 7) is 11.2. The zero-order valence-corrected chi connectivity index (χ0v) is 55.0. The van der Waals surface area contributed by atoms with Gasteiger partial charge in [-0.2, -0.15) is 0 Å². The Labute approximate surface area is 539 Å². The molecule has 0 aliphatic rings. The number of carbonyl (C=O) groups excluding carboxylic acids is 3. The summed E-state index contributed by atoms with van der Waals surface area (Å²) in [4.78, 5) is 56.0. The Morgan fingerprint density at radius 2 is 0.806 bits per heavy atom. The fourth-order valence-corrected chi connectivity index (χ4v) is 7.27. The summed E-state index contributed by atoms with van der Waals surface area (Å²) < 4.78 is 23.0. The first-order valence-corrected chi connectivity index (χ1v) is 23.0. The van der Waals surface area contributed by atoms with Crippen LogP contribution in [0.25, 0.3) is 0 Å². The van der Waals surface area contributed by atoms with Gasteiger partial charge in [0.25, 0.3) is 0 Å². The summed E-state index contributed by atoms with van der Waals surface area (Å²) >= 11 is 0. The molecule has 0 saturated carbocycles. The van der Waals surface area contributed by atoms with Crippen molar-refractivity contribution >= 4 is 29.7 Å². The summed E-state index contributed by atoms with van der Waals surface area (Å²) in [6.07, 6.45) is 2.28. The maximum Gasteiger partial charge on any atom is 1.00 e. The van der Waals surface area contributed by atoms with Crippen LogP contribution in [-0.4, -0.2) is 65.3 Å². The molecule has 6 rings (SSSR count). The van der Waals surface area contributed by atoms with Crippen LogP contribution in [-0.2, 0) is 35.3 Å². The van der Waals surface area contributed by atoms with Gasteiger partial charge in [0.05, 0.1) is 23.3 Å². The first kappa shape index (κ1) is 64.3. The van der Waals surface area contributed by atoms with Crippen molar-refractivity contribution in [3.8, 4) is 23.0 Å². The molecule has 6 aromatic rings. The van der Waals surface area contributed by atoms with Crippen LogP contribution in [0.5, 0.6) is 23.0 Å². The molecule has 13 nitrogen and oxygen atoms in total. The molecule has 0 radical (unpaired) electrons. The van der Waals surface area contributed by atoms with Gasteiger partial charge in [-0.05, 0) is 142 Å². The van der Waals surface area contributed by atoms with Gasteiger partial charge < -0.3 is 44.2 Å². The Morgan fingerprint density at radius 1 is 0.486 bits per heavy atom. The fourth-order valence-electron chi connectivity index (χ4n) is 7.27. The van der Waals surface area contributed by atoms with Crippen molar-refractivity contribution in [3.05, 3.63) is 189 Å². The van der Waals surface area contributed by atoms with Gasteiger partial charge in [-0.15, -0.1) is 0 Å². The molecule has 0 heterocycles. The molecular formula is C57H60Cs2O13. The Hall–Kier alpha value is -3.83. The molecule has 72 heavy (non-hydrogen) atoms. The number of hydrogen-bond acceptors (Lipinski definition) is 11. The molecule has 0 amide bonds. The Kier molecular flexibility index (Phi) is 30.3. The molecule has 2 atom stereocenters.